The molecule has 182 valence electrons. The fraction of sp³-hybridized carbons (Fsp3) is 0.545. The van der Waals surface area contributed by atoms with E-state index in [1.165, 1.54) is 0 Å². The van der Waals surface area contributed by atoms with Crippen LogP contribution in [-0.2, 0) is 36.3 Å². The van der Waals surface area contributed by atoms with Crippen LogP contribution in [0.1, 0.15) is 16.6 Å². The van der Waals surface area contributed by atoms with Crippen molar-refractivity contribution < 1.29 is 65.8 Å². The van der Waals surface area contributed by atoms with E-state index in [4.69, 9.17) is 29.9 Å². The molecule has 0 amide bonds. The first-order chi connectivity index (χ1) is 14.6. The van der Waals surface area contributed by atoms with Crippen LogP contribution in [0.25, 0.3) is 0 Å². The Bertz CT molecular complexity index is 1050. The minimum Gasteiger partial charge on any atom is -0.387 e. The molecule has 32 heavy (non-hydrogen) atoms. The number of methoxy groups -OCH3 is 1. The number of nitrogens with two attached hydrogens (primary N) is 1. The Morgan fingerprint density at radius 3 is 2.38 bits per heavy atom. The monoisotopic (exact) mass is 525 g/mol. The van der Waals surface area contributed by atoms with Crippen LogP contribution in [0.3, 0.4) is 0 Å². The topological polar surface area (TPSA) is 276 Å². The quantitative estimate of drug-likeness (QED) is 0.146. The van der Waals surface area contributed by atoms with Gasteiger partial charge in [-0.25, -0.2) is 18.5 Å². The summed E-state index contributed by atoms with van der Waals surface area (Å²) in [5.74, 6) is -0.363. The van der Waals surface area contributed by atoms with Crippen LogP contribution >= 0.6 is 23.5 Å². The SMILES string of the molecule is CO[C@@H]1[C@H](O)[C@@H](COP(=O)(O)OP(=O)(O)OP(=O)(O)O)O[C@H]1n1cc(C=O)c(N)nc1=O. The Hall–Kier alpha value is -1.36. The Morgan fingerprint density at radius 1 is 1.22 bits per heavy atom. The maximum atomic E-state index is 12.1. The molecule has 0 aromatic carbocycles. The lowest BCUT2D eigenvalue weighted by Crippen LogP contribution is -2.38. The predicted octanol–water partition coefficient (Wildman–Crippen LogP) is -1.75. The molecule has 1 aliphatic heterocycles. The number of nitrogen functional groups attached to an aromatic ring is 1. The molecule has 1 saturated heterocycles. The van der Waals surface area contributed by atoms with Gasteiger partial charge in [0.2, 0.25) is 0 Å². The number of carbonyl (C=O) groups is 1. The van der Waals surface area contributed by atoms with Gasteiger partial charge < -0.3 is 39.9 Å². The van der Waals surface area contributed by atoms with Crippen molar-refractivity contribution >= 4 is 35.6 Å². The molecular weight excluding hydrogens is 507 g/mol. The minimum absolute atomic E-state index is 0.186. The molecule has 1 aromatic heterocycles. The number of aromatic nitrogens is 2. The first kappa shape index (κ1) is 26.9. The molecule has 2 heterocycles. The number of aliphatic hydroxyl groups is 1. The van der Waals surface area contributed by atoms with E-state index in [0.29, 0.717) is 6.29 Å². The largest absolute Gasteiger partial charge is 0.490 e. The van der Waals surface area contributed by atoms with Gasteiger partial charge in [-0.1, -0.05) is 0 Å². The zero-order chi connectivity index (χ0) is 24.5. The second-order valence-electron chi connectivity index (χ2n) is 6.03. The molecule has 2 unspecified atom stereocenters. The summed E-state index contributed by atoms with van der Waals surface area (Å²) in [6, 6.07) is 0. The summed E-state index contributed by atoms with van der Waals surface area (Å²) in [5.41, 5.74) is 4.26. The van der Waals surface area contributed by atoms with Crippen LogP contribution in [0.15, 0.2) is 11.0 Å². The van der Waals surface area contributed by atoms with Crippen LogP contribution in [0.2, 0.25) is 0 Å². The molecule has 7 N–H and O–H groups in total. The molecule has 0 aliphatic carbocycles. The van der Waals surface area contributed by atoms with Gasteiger partial charge in [-0.05, 0) is 0 Å². The third kappa shape index (κ3) is 6.82. The van der Waals surface area contributed by atoms with Crippen LogP contribution in [0.5, 0.6) is 0 Å². The molecule has 21 heteroatoms. The van der Waals surface area contributed by atoms with E-state index >= 15 is 0 Å². The molecular formula is C11H18N3O15P3. The highest BCUT2D eigenvalue weighted by atomic mass is 31.3. The van der Waals surface area contributed by atoms with Gasteiger partial charge in [0.25, 0.3) is 0 Å². The first-order valence-corrected chi connectivity index (χ1v) is 12.6. The number of rotatable bonds is 10. The van der Waals surface area contributed by atoms with Crippen molar-refractivity contribution in [3.8, 4) is 0 Å². The van der Waals surface area contributed by atoms with Crippen LogP contribution < -0.4 is 11.4 Å². The lowest BCUT2D eigenvalue weighted by Gasteiger charge is -2.20. The number of hydrogen-bond donors (Lipinski definition) is 6. The Balaban J connectivity index is 2.17. The molecule has 1 aliphatic rings. The first-order valence-electron chi connectivity index (χ1n) is 8.07. The predicted molar refractivity (Wildman–Crippen MR) is 98.8 cm³/mol. The highest BCUT2D eigenvalue weighted by Gasteiger charge is 2.47. The fourth-order valence-electron chi connectivity index (χ4n) is 2.58. The van der Waals surface area contributed by atoms with Crippen LogP contribution in [0, 0.1) is 0 Å². The number of nitrogens with zero attached hydrogens (tertiary/aromatic N) is 2. The summed E-state index contributed by atoms with van der Waals surface area (Å²) in [6.45, 7) is -1.00. The van der Waals surface area contributed by atoms with Gasteiger partial charge in [0.1, 0.15) is 24.1 Å². The molecule has 0 bridgehead atoms. The lowest BCUT2D eigenvalue weighted by molar-refractivity contribution is -0.0619. The molecule has 1 aromatic rings. The van der Waals surface area contributed by atoms with Gasteiger partial charge >= 0.3 is 29.2 Å². The molecule has 0 spiro atoms. The zero-order valence-electron chi connectivity index (χ0n) is 15.8. The van der Waals surface area contributed by atoms with E-state index in [0.717, 1.165) is 17.9 Å². The van der Waals surface area contributed by atoms with E-state index in [9.17, 15) is 33.3 Å². The van der Waals surface area contributed by atoms with Crippen molar-refractivity contribution in [2.75, 3.05) is 19.5 Å². The highest BCUT2D eigenvalue weighted by molar-refractivity contribution is 7.66. The Kier molecular flexibility index (Phi) is 8.29. The standard InChI is InChI=1S/C11H18N3O15P3/c1-25-8-7(16)6(4-26-31(21,22)29-32(23,24)28-30(18,19)20)27-10(8)14-2-5(3-15)9(12)13-11(14)17/h2-3,6-8,10,16H,4H2,1H3,(H,21,22)(H,23,24)(H2,12,13,17)(H2,18,19,20)/t6-,7-,8-,10-/m1/s1. The van der Waals surface area contributed by atoms with Crippen LogP contribution in [-0.4, -0.2) is 72.5 Å². The molecule has 2 rings (SSSR count). The summed E-state index contributed by atoms with van der Waals surface area (Å²) in [4.78, 5) is 62.2. The van der Waals surface area contributed by atoms with E-state index in [1.54, 1.807) is 0 Å². The lowest BCUT2D eigenvalue weighted by atomic mass is 10.1. The molecule has 0 radical (unpaired) electrons. The third-order valence-electron chi connectivity index (χ3n) is 3.81. The van der Waals surface area contributed by atoms with Gasteiger partial charge in [0, 0.05) is 13.3 Å². The van der Waals surface area contributed by atoms with Gasteiger partial charge in [-0.2, -0.15) is 13.6 Å². The van der Waals surface area contributed by atoms with Crippen molar-refractivity contribution in [1.29, 1.82) is 0 Å². The number of phosphoric ester groups is 1. The molecule has 18 nitrogen and oxygen atoms in total. The Morgan fingerprint density at radius 2 is 1.84 bits per heavy atom. The van der Waals surface area contributed by atoms with E-state index in [1.807, 2.05) is 0 Å². The summed E-state index contributed by atoms with van der Waals surface area (Å²) < 4.78 is 56.5. The average molecular weight is 525 g/mol. The number of carbonyl (C=O) groups excluding carboxylic acids is 1. The second kappa shape index (κ2) is 9.87. The zero-order valence-corrected chi connectivity index (χ0v) is 18.5. The second-order valence-corrected chi connectivity index (χ2v) is 10.5. The number of aliphatic hydroxyl groups excluding tert-OH is 1. The van der Waals surface area contributed by atoms with Gasteiger partial charge in [0.05, 0.1) is 12.2 Å². The van der Waals surface area contributed by atoms with Crippen molar-refractivity contribution in [3.63, 3.8) is 0 Å². The number of aldehydes is 1. The number of hydrogen-bond acceptors (Lipinski definition) is 13. The van der Waals surface area contributed by atoms with Gasteiger partial charge in [0.15, 0.2) is 12.5 Å². The van der Waals surface area contributed by atoms with Crippen molar-refractivity contribution in [3.05, 3.63) is 22.2 Å². The Labute approximate surface area is 177 Å². The summed E-state index contributed by atoms with van der Waals surface area (Å²) >= 11 is 0. The van der Waals surface area contributed by atoms with Gasteiger partial charge in [-0.3, -0.25) is 13.9 Å². The molecule has 1 fully saturated rings. The van der Waals surface area contributed by atoms with Crippen LogP contribution in [0.4, 0.5) is 5.82 Å². The van der Waals surface area contributed by atoms with E-state index < -0.39 is 60.3 Å². The normalized spacial score (nSPS) is 27.6. The average Bonchev–Trinajstić information content (AvgIpc) is 2.92. The summed E-state index contributed by atoms with van der Waals surface area (Å²) in [7, 11) is -15.7. The highest BCUT2D eigenvalue weighted by Crippen LogP contribution is 2.66. The van der Waals surface area contributed by atoms with Crippen molar-refractivity contribution in [1.82, 2.24) is 9.55 Å². The fourth-order valence-corrected chi connectivity index (χ4v) is 5.61. The van der Waals surface area contributed by atoms with Crippen molar-refractivity contribution in [2.45, 2.75) is 24.5 Å². The van der Waals surface area contributed by atoms with E-state index in [2.05, 4.69) is 18.1 Å². The molecule has 6 atom stereocenters. The summed E-state index contributed by atoms with van der Waals surface area (Å²) in [6.07, 6.45) is -4.53. The number of phosphoric acid groups is 3. The number of anilines is 1. The maximum Gasteiger partial charge on any atom is 0.490 e. The van der Waals surface area contributed by atoms with E-state index in [-0.39, 0.29) is 11.4 Å². The van der Waals surface area contributed by atoms with Gasteiger partial charge in [-0.15, -0.1) is 0 Å². The number of ether oxygens (including phenoxy) is 2. The summed E-state index contributed by atoms with van der Waals surface area (Å²) in [5, 5.41) is 10.3. The third-order valence-corrected chi connectivity index (χ3v) is 7.62. The van der Waals surface area contributed by atoms with Crippen molar-refractivity contribution in [2.24, 2.45) is 0 Å². The maximum absolute atomic E-state index is 12.1. The molecule has 0 saturated carbocycles. The minimum atomic E-state index is -5.74. The smallest absolute Gasteiger partial charge is 0.387 e.